The summed E-state index contributed by atoms with van der Waals surface area (Å²) in [5.41, 5.74) is 31.0. The normalized spacial score (nSPS) is 12.4. The number of rotatable bonds is 1. The molecule has 0 aliphatic rings. The maximum absolute atomic E-state index is 6.28. The fourth-order valence-corrected chi connectivity index (χ4v) is 2.66. The van der Waals surface area contributed by atoms with Crippen molar-refractivity contribution in [3.8, 4) is 11.1 Å². The molecule has 0 amide bonds. The molecule has 4 nitrogen and oxygen atoms in total. The molecule has 0 aliphatic carbocycles. The van der Waals surface area contributed by atoms with Gasteiger partial charge in [0.05, 0.1) is 22.7 Å². The molecule has 0 spiro atoms. The molecule has 0 fully saturated rings. The predicted molar refractivity (Wildman–Crippen MR) is 107 cm³/mol. The van der Waals surface area contributed by atoms with Crippen LogP contribution >= 0.6 is 0 Å². The highest BCUT2D eigenvalue weighted by molar-refractivity contribution is 5.94. The molecule has 2 rings (SSSR count). The van der Waals surface area contributed by atoms with Crippen LogP contribution in [0.1, 0.15) is 52.7 Å². The highest BCUT2D eigenvalue weighted by Gasteiger charge is 2.22. The smallest absolute Gasteiger partial charge is 0.0628 e. The van der Waals surface area contributed by atoms with Gasteiger partial charge in [0.1, 0.15) is 0 Å². The van der Waals surface area contributed by atoms with E-state index >= 15 is 0 Å². The van der Waals surface area contributed by atoms with Crippen LogP contribution < -0.4 is 22.9 Å². The molecule has 2 aromatic rings. The molecule has 4 heteroatoms. The van der Waals surface area contributed by atoms with Gasteiger partial charge in [-0.25, -0.2) is 0 Å². The van der Waals surface area contributed by atoms with Gasteiger partial charge in [-0.3, -0.25) is 0 Å². The van der Waals surface area contributed by atoms with E-state index in [0.29, 0.717) is 22.7 Å². The Balaban J connectivity index is 2.81. The number of nitrogens with two attached hydrogens (primary N) is 4. The fraction of sp³-hybridized carbons (Fsp3) is 0.400. The number of hydrogen-bond acceptors (Lipinski definition) is 4. The monoisotopic (exact) mass is 326 g/mol. The molecule has 0 bridgehead atoms. The fourth-order valence-electron chi connectivity index (χ4n) is 2.66. The van der Waals surface area contributed by atoms with Gasteiger partial charge in [-0.1, -0.05) is 41.5 Å². The van der Waals surface area contributed by atoms with E-state index in [4.69, 9.17) is 22.9 Å². The van der Waals surface area contributed by atoms with Gasteiger partial charge in [0.2, 0.25) is 0 Å². The molecule has 0 radical (unpaired) electrons. The van der Waals surface area contributed by atoms with E-state index < -0.39 is 0 Å². The van der Waals surface area contributed by atoms with E-state index in [2.05, 4.69) is 53.7 Å². The summed E-state index contributed by atoms with van der Waals surface area (Å²) in [5.74, 6) is 0. The summed E-state index contributed by atoms with van der Waals surface area (Å²) in [6.07, 6.45) is 0. The van der Waals surface area contributed by atoms with Gasteiger partial charge in [-0.15, -0.1) is 0 Å². The minimum atomic E-state index is -0.0431. The minimum absolute atomic E-state index is 0.0431. The first-order valence-corrected chi connectivity index (χ1v) is 8.21. The minimum Gasteiger partial charge on any atom is -0.397 e. The summed E-state index contributed by atoms with van der Waals surface area (Å²) in [6, 6.07) is 8.02. The van der Waals surface area contributed by atoms with Gasteiger partial charge in [0, 0.05) is 11.1 Å². The van der Waals surface area contributed by atoms with E-state index in [-0.39, 0.29) is 10.8 Å². The Hall–Kier alpha value is -2.36. The molecule has 130 valence electrons. The third kappa shape index (κ3) is 3.28. The van der Waals surface area contributed by atoms with Crippen LogP contribution in [0.3, 0.4) is 0 Å². The Labute approximate surface area is 145 Å². The molecule has 0 aliphatic heterocycles. The largest absolute Gasteiger partial charge is 0.397 e. The average Bonchev–Trinajstić information content (AvgIpc) is 2.42. The Morgan fingerprint density at radius 2 is 0.833 bits per heavy atom. The molecular formula is C20H30N4. The summed E-state index contributed by atoms with van der Waals surface area (Å²) in [5, 5.41) is 0. The Kier molecular flexibility index (Phi) is 4.21. The van der Waals surface area contributed by atoms with Gasteiger partial charge >= 0.3 is 0 Å². The third-order valence-electron chi connectivity index (χ3n) is 4.45. The van der Waals surface area contributed by atoms with E-state index in [1.165, 1.54) is 0 Å². The van der Waals surface area contributed by atoms with Crippen LogP contribution in [0.25, 0.3) is 11.1 Å². The maximum Gasteiger partial charge on any atom is 0.0628 e. The van der Waals surface area contributed by atoms with Crippen molar-refractivity contribution in [2.45, 2.75) is 52.4 Å². The number of anilines is 4. The topological polar surface area (TPSA) is 104 Å². The maximum atomic E-state index is 6.28. The van der Waals surface area contributed by atoms with Gasteiger partial charge < -0.3 is 22.9 Å². The number of nitrogen functional groups attached to an aromatic ring is 4. The Morgan fingerprint density at radius 3 is 1.08 bits per heavy atom. The molecule has 24 heavy (non-hydrogen) atoms. The van der Waals surface area contributed by atoms with Gasteiger partial charge in [0.15, 0.2) is 0 Å². The highest BCUT2D eigenvalue weighted by atomic mass is 14.7. The molecule has 0 aromatic heterocycles. The lowest BCUT2D eigenvalue weighted by Crippen LogP contribution is -2.14. The van der Waals surface area contributed by atoms with Crippen molar-refractivity contribution in [1.29, 1.82) is 0 Å². The lowest BCUT2D eigenvalue weighted by molar-refractivity contribution is 0.590. The molecular weight excluding hydrogens is 296 g/mol. The molecule has 0 saturated heterocycles. The van der Waals surface area contributed by atoms with Crippen molar-refractivity contribution >= 4 is 22.7 Å². The summed E-state index contributed by atoms with van der Waals surface area (Å²) >= 11 is 0. The second kappa shape index (κ2) is 5.62. The average molecular weight is 326 g/mol. The highest BCUT2D eigenvalue weighted by Crippen LogP contribution is 2.41. The van der Waals surface area contributed by atoms with Crippen molar-refractivity contribution in [3.63, 3.8) is 0 Å². The van der Waals surface area contributed by atoms with Crippen LogP contribution in [0.2, 0.25) is 0 Å². The molecule has 0 heterocycles. The van der Waals surface area contributed by atoms with Crippen LogP contribution in [-0.4, -0.2) is 0 Å². The van der Waals surface area contributed by atoms with Gasteiger partial charge in [0.25, 0.3) is 0 Å². The van der Waals surface area contributed by atoms with E-state index in [0.717, 1.165) is 22.3 Å². The molecule has 2 aromatic carbocycles. The van der Waals surface area contributed by atoms with Crippen LogP contribution in [0.15, 0.2) is 24.3 Å². The van der Waals surface area contributed by atoms with Crippen LogP contribution in [0.4, 0.5) is 22.7 Å². The zero-order valence-electron chi connectivity index (χ0n) is 15.6. The van der Waals surface area contributed by atoms with Crippen molar-refractivity contribution in [2.24, 2.45) is 0 Å². The van der Waals surface area contributed by atoms with Crippen molar-refractivity contribution in [2.75, 3.05) is 22.9 Å². The quantitative estimate of drug-likeness (QED) is 0.587. The SMILES string of the molecule is CC(C)(C)c1cc(N)c(N)c(-c2cc(C(C)(C)C)cc(N)c2N)c1. The molecule has 8 N–H and O–H groups in total. The predicted octanol–water partition coefficient (Wildman–Crippen LogP) is 4.28. The first kappa shape index (κ1) is 18.0. The van der Waals surface area contributed by atoms with Crippen molar-refractivity contribution in [3.05, 3.63) is 35.4 Å². The van der Waals surface area contributed by atoms with Crippen LogP contribution in [-0.2, 0) is 10.8 Å². The second-order valence-electron chi connectivity index (χ2n) is 8.55. The molecule has 0 saturated carbocycles. The first-order chi connectivity index (χ1) is 10.8. The van der Waals surface area contributed by atoms with Crippen LogP contribution in [0, 0.1) is 0 Å². The lowest BCUT2D eigenvalue weighted by Gasteiger charge is -2.25. The number of benzene rings is 2. The third-order valence-corrected chi connectivity index (χ3v) is 4.45. The van der Waals surface area contributed by atoms with E-state index in [1.54, 1.807) is 0 Å². The summed E-state index contributed by atoms with van der Waals surface area (Å²) in [4.78, 5) is 0. The van der Waals surface area contributed by atoms with Crippen LogP contribution in [0.5, 0.6) is 0 Å². The Bertz CT molecular complexity index is 710. The zero-order chi connectivity index (χ0) is 18.4. The Morgan fingerprint density at radius 1 is 0.542 bits per heavy atom. The molecule has 0 atom stereocenters. The molecule has 0 unspecified atom stereocenters. The van der Waals surface area contributed by atoms with E-state index in [1.807, 2.05) is 12.1 Å². The van der Waals surface area contributed by atoms with Crippen molar-refractivity contribution in [1.82, 2.24) is 0 Å². The van der Waals surface area contributed by atoms with E-state index in [9.17, 15) is 0 Å². The first-order valence-electron chi connectivity index (χ1n) is 8.21. The van der Waals surface area contributed by atoms with Gasteiger partial charge in [-0.05, 0) is 46.2 Å². The summed E-state index contributed by atoms with van der Waals surface area (Å²) in [6.45, 7) is 12.9. The zero-order valence-corrected chi connectivity index (χ0v) is 15.6. The lowest BCUT2D eigenvalue weighted by atomic mass is 9.82. The number of hydrogen-bond donors (Lipinski definition) is 4. The van der Waals surface area contributed by atoms with Gasteiger partial charge in [-0.2, -0.15) is 0 Å². The standard InChI is InChI=1S/C20H30N4/c1-19(2,3)11-7-13(17(23)15(21)9-11)14-8-12(20(4,5)6)10-16(22)18(14)24/h7-10H,21-24H2,1-6H3. The van der Waals surface area contributed by atoms with Crippen molar-refractivity contribution < 1.29 is 0 Å². The second-order valence-corrected chi connectivity index (χ2v) is 8.55. The summed E-state index contributed by atoms with van der Waals surface area (Å²) < 4.78 is 0. The summed E-state index contributed by atoms with van der Waals surface area (Å²) in [7, 11) is 0.